The van der Waals surface area contributed by atoms with Crippen molar-refractivity contribution in [1.82, 2.24) is 9.55 Å². The quantitative estimate of drug-likeness (QED) is 0.505. The molecule has 0 aliphatic heterocycles. The van der Waals surface area contributed by atoms with Gasteiger partial charge in [-0.15, -0.1) is 0 Å². The predicted molar refractivity (Wildman–Crippen MR) is 103 cm³/mol. The maximum Gasteiger partial charge on any atom is 0.248 e. The van der Waals surface area contributed by atoms with Gasteiger partial charge >= 0.3 is 0 Å². The van der Waals surface area contributed by atoms with E-state index >= 15 is 0 Å². The molecule has 5 N–H and O–H groups in total. The van der Waals surface area contributed by atoms with Crippen molar-refractivity contribution < 1.29 is 14.7 Å². The van der Waals surface area contributed by atoms with Gasteiger partial charge in [-0.1, -0.05) is 12.1 Å². The van der Waals surface area contributed by atoms with E-state index in [9.17, 15) is 14.7 Å². The van der Waals surface area contributed by atoms with Gasteiger partial charge in [0.1, 0.15) is 6.54 Å². The molecule has 0 fully saturated rings. The van der Waals surface area contributed by atoms with Gasteiger partial charge in [0, 0.05) is 17.8 Å². The summed E-state index contributed by atoms with van der Waals surface area (Å²) in [5, 5.41) is 15.4. The molecule has 2 amide bonds. The highest BCUT2D eigenvalue weighted by Gasteiger charge is 2.14. The Balaban J connectivity index is 1.78. The second-order valence-corrected chi connectivity index (χ2v) is 6.23. The Morgan fingerprint density at radius 2 is 1.89 bits per heavy atom. The summed E-state index contributed by atoms with van der Waals surface area (Å²) in [6.45, 7) is 2.03. The average molecular weight is 367 g/mol. The third-order valence-electron chi connectivity index (χ3n) is 3.97. The van der Waals surface area contributed by atoms with Crippen molar-refractivity contribution in [2.24, 2.45) is 5.73 Å². The van der Waals surface area contributed by atoms with E-state index in [1.165, 1.54) is 0 Å². The fourth-order valence-electron chi connectivity index (χ4n) is 2.67. The van der Waals surface area contributed by atoms with Gasteiger partial charge in [-0.25, -0.2) is 4.98 Å². The summed E-state index contributed by atoms with van der Waals surface area (Å²) in [6.07, 6.45) is -0.546. The summed E-state index contributed by atoms with van der Waals surface area (Å²) < 4.78 is 1.75. The normalized spacial score (nSPS) is 11.9. The number of benzene rings is 2. The first-order valence-electron chi connectivity index (χ1n) is 8.51. The molecule has 0 aliphatic rings. The van der Waals surface area contributed by atoms with Crippen molar-refractivity contribution in [3.05, 3.63) is 54.1 Å². The van der Waals surface area contributed by atoms with Crippen molar-refractivity contribution in [1.29, 1.82) is 0 Å². The van der Waals surface area contributed by atoms with E-state index < -0.39 is 12.0 Å². The molecule has 0 saturated carbocycles. The molecule has 0 bridgehead atoms. The molecular formula is C19H21N5O3. The van der Waals surface area contributed by atoms with Crippen LogP contribution in [0.2, 0.25) is 0 Å². The van der Waals surface area contributed by atoms with Gasteiger partial charge in [-0.3, -0.25) is 9.59 Å². The highest BCUT2D eigenvalue weighted by atomic mass is 16.3. The largest absolute Gasteiger partial charge is 0.392 e. The number of hydrogen-bond acceptors (Lipinski definition) is 5. The number of carbonyl (C=O) groups is 2. The van der Waals surface area contributed by atoms with E-state index in [1.54, 1.807) is 35.8 Å². The Morgan fingerprint density at radius 3 is 2.56 bits per heavy atom. The van der Waals surface area contributed by atoms with Gasteiger partial charge in [-0.05, 0) is 43.3 Å². The SMILES string of the molecule is CC(O)CNc1nc2ccccc2n1CC(=O)Nc1ccc(C(N)=O)cc1. The summed E-state index contributed by atoms with van der Waals surface area (Å²) in [6, 6.07) is 13.8. The van der Waals surface area contributed by atoms with Crippen molar-refractivity contribution in [2.75, 3.05) is 17.2 Å². The smallest absolute Gasteiger partial charge is 0.248 e. The molecule has 27 heavy (non-hydrogen) atoms. The first-order valence-corrected chi connectivity index (χ1v) is 8.51. The maximum atomic E-state index is 12.5. The zero-order chi connectivity index (χ0) is 19.4. The lowest BCUT2D eigenvalue weighted by Gasteiger charge is -2.12. The maximum absolute atomic E-state index is 12.5. The summed E-state index contributed by atoms with van der Waals surface area (Å²) in [5.74, 6) is -0.256. The molecule has 1 aromatic heterocycles. The number of hydrogen-bond donors (Lipinski definition) is 4. The van der Waals surface area contributed by atoms with Gasteiger partial charge < -0.3 is 26.0 Å². The Kier molecular flexibility index (Phi) is 5.37. The summed E-state index contributed by atoms with van der Waals surface area (Å²) in [5.41, 5.74) is 7.71. The van der Waals surface area contributed by atoms with E-state index in [4.69, 9.17) is 5.73 Å². The van der Waals surface area contributed by atoms with Crippen molar-refractivity contribution >= 4 is 34.5 Å². The number of nitrogens with zero attached hydrogens (tertiary/aromatic N) is 2. The molecule has 1 unspecified atom stereocenters. The first kappa shape index (κ1) is 18.4. The van der Waals surface area contributed by atoms with Crippen LogP contribution in [0.1, 0.15) is 17.3 Å². The number of imidazole rings is 1. The summed E-state index contributed by atoms with van der Waals surface area (Å²) >= 11 is 0. The number of aliphatic hydroxyl groups is 1. The van der Waals surface area contributed by atoms with Gasteiger partial charge in [-0.2, -0.15) is 0 Å². The average Bonchev–Trinajstić information content (AvgIpc) is 2.98. The van der Waals surface area contributed by atoms with Crippen molar-refractivity contribution in [2.45, 2.75) is 19.6 Å². The molecular weight excluding hydrogens is 346 g/mol. The van der Waals surface area contributed by atoms with Crippen LogP contribution in [0.5, 0.6) is 0 Å². The number of nitrogens with two attached hydrogens (primary N) is 1. The predicted octanol–water partition coefficient (Wildman–Crippen LogP) is 1.57. The Labute approximate surface area is 156 Å². The molecule has 1 atom stereocenters. The fourth-order valence-corrected chi connectivity index (χ4v) is 2.67. The fraction of sp³-hybridized carbons (Fsp3) is 0.211. The second-order valence-electron chi connectivity index (χ2n) is 6.23. The lowest BCUT2D eigenvalue weighted by atomic mass is 10.2. The molecule has 1 heterocycles. The number of para-hydroxylation sites is 2. The number of rotatable bonds is 7. The lowest BCUT2D eigenvalue weighted by molar-refractivity contribution is -0.116. The number of aliphatic hydroxyl groups excluding tert-OH is 1. The van der Waals surface area contributed by atoms with Crippen LogP contribution >= 0.6 is 0 Å². The topological polar surface area (TPSA) is 122 Å². The van der Waals surface area contributed by atoms with E-state index in [2.05, 4.69) is 15.6 Å². The highest BCUT2D eigenvalue weighted by Crippen LogP contribution is 2.20. The lowest BCUT2D eigenvalue weighted by Crippen LogP contribution is -2.22. The minimum atomic E-state index is -0.546. The van der Waals surface area contributed by atoms with E-state index in [0.717, 1.165) is 11.0 Å². The number of carbonyl (C=O) groups excluding carboxylic acids is 2. The first-order chi connectivity index (χ1) is 12.9. The molecule has 0 radical (unpaired) electrons. The molecule has 8 heteroatoms. The van der Waals surface area contributed by atoms with Gasteiger partial charge in [0.05, 0.1) is 17.1 Å². The van der Waals surface area contributed by atoms with Crippen molar-refractivity contribution in [3.63, 3.8) is 0 Å². The number of anilines is 2. The Morgan fingerprint density at radius 1 is 1.19 bits per heavy atom. The summed E-state index contributed by atoms with van der Waals surface area (Å²) in [7, 11) is 0. The third-order valence-corrected chi connectivity index (χ3v) is 3.97. The number of nitrogens with one attached hydrogen (secondary N) is 2. The van der Waals surface area contributed by atoms with E-state index in [-0.39, 0.29) is 12.5 Å². The Bertz CT molecular complexity index is 963. The van der Waals surface area contributed by atoms with Crippen LogP contribution in [0, 0.1) is 0 Å². The number of fused-ring (bicyclic) bond motifs is 1. The van der Waals surface area contributed by atoms with Crippen LogP contribution < -0.4 is 16.4 Å². The van der Waals surface area contributed by atoms with Crippen molar-refractivity contribution in [3.8, 4) is 0 Å². The Hall–Kier alpha value is -3.39. The molecule has 0 aliphatic carbocycles. The monoisotopic (exact) mass is 367 g/mol. The molecule has 8 nitrogen and oxygen atoms in total. The van der Waals surface area contributed by atoms with Crippen LogP contribution in [-0.2, 0) is 11.3 Å². The minimum absolute atomic E-state index is 0.0419. The molecule has 0 saturated heterocycles. The minimum Gasteiger partial charge on any atom is -0.392 e. The number of amides is 2. The van der Waals surface area contributed by atoms with E-state index in [0.29, 0.717) is 23.7 Å². The molecule has 3 aromatic rings. The number of primary amides is 1. The summed E-state index contributed by atoms with van der Waals surface area (Å²) in [4.78, 5) is 28.1. The van der Waals surface area contributed by atoms with Crippen LogP contribution in [0.3, 0.4) is 0 Å². The van der Waals surface area contributed by atoms with Gasteiger partial charge in [0.2, 0.25) is 17.8 Å². The van der Waals surface area contributed by atoms with Crippen LogP contribution in [0.15, 0.2) is 48.5 Å². The van der Waals surface area contributed by atoms with Crippen LogP contribution in [0.25, 0.3) is 11.0 Å². The molecule has 3 rings (SSSR count). The molecule has 0 spiro atoms. The van der Waals surface area contributed by atoms with E-state index in [1.807, 2.05) is 24.3 Å². The zero-order valence-corrected chi connectivity index (χ0v) is 14.8. The standard InChI is InChI=1S/C19H21N5O3/c1-12(25)10-21-19-23-15-4-2-3-5-16(15)24(19)11-17(26)22-14-8-6-13(7-9-14)18(20)27/h2-9,12,25H,10-11H2,1H3,(H2,20,27)(H,21,23)(H,22,26). The molecule has 2 aromatic carbocycles. The van der Waals surface area contributed by atoms with Gasteiger partial charge in [0.15, 0.2) is 0 Å². The third kappa shape index (κ3) is 4.42. The van der Waals surface area contributed by atoms with Crippen LogP contribution in [0.4, 0.5) is 11.6 Å². The van der Waals surface area contributed by atoms with Gasteiger partial charge in [0.25, 0.3) is 0 Å². The van der Waals surface area contributed by atoms with Crippen LogP contribution in [-0.4, -0.2) is 39.1 Å². The number of aromatic nitrogens is 2. The molecule has 140 valence electrons. The zero-order valence-electron chi connectivity index (χ0n) is 14.8. The second kappa shape index (κ2) is 7.88. The highest BCUT2D eigenvalue weighted by molar-refractivity contribution is 5.95.